The number of hydrogen-bond acceptors (Lipinski definition) is 11. The second-order valence-electron chi connectivity index (χ2n) is 8.31. The first-order valence-electron chi connectivity index (χ1n) is 10.4. The summed E-state index contributed by atoms with van der Waals surface area (Å²) in [7, 11) is 0. The van der Waals surface area contributed by atoms with Gasteiger partial charge in [0, 0.05) is 50.3 Å². The van der Waals surface area contributed by atoms with Gasteiger partial charge in [-0.25, -0.2) is 0 Å². The maximum atomic E-state index is 6.23. The Hall–Kier alpha value is -2.15. The molecular weight excluding hydrogens is 453 g/mol. The Bertz CT molecular complexity index is 837. The lowest BCUT2D eigenvalue weighted by atomic mass is 10.0. The van der Waals surface area contributed by atoms with E-state index in [2.05, 4.69) is 20.8 Å². The van der Waals surface area contributed by atoms with Crippen LogP contribution in [0.1, 0.15) is 12.8 Å². The number of nitrogens with two attached hydrogens (primary N) is 4. The molecule has 0 saturated carbocycles. The molecule has 0 amide bonds. The van der Waals surface area contributed by atoms with E-state index >= 15 is 0 Å². The molecule has 0 bridgehead atoms. The van der Waals surface area contributed by atoms with Crippen molar-refractivity contribution in [2.45, 2.75) is 37.0 Å². The van der Waals surface area contributed by atoms with Gasteiger partial charge in [-0.05, 0) is 25.0 Å². The Morgan fingerprint density at radius 1 is 0.750 bits per heavy atom. The Labute approximate surface area is 198 Å². The van der Waals surface area contributed by atoms with Crippen LogP contribution in [0.15, 0.2) is 24.3 Å². The molecule has 0 spiro atoms. The normalized spacial score (nSPS) is 25.8. The predicted molar refractivity (Wildman–Crippen MR) is 131 cm³/mol. The van der Waals surface area contributed by atoms with Crippen molar-refractivity contribution in [1.82, 2.24) is 15.0 Å². The Morgan fingerprint density at radius 2 is 1.22 bits per heavy atom. The van der Waals surface area contributed by atoms with E-state index in [1.165, 1.54) is 0 Å². The molecule has 4 atom stereocenters. The summed E-state index contributed by atoms with van der Waals surface area (Å²) in [4.78, 5) is 17.9. The third kappa shape index (κ3) is 6.00. The minimum Gasteiger partial charge on any atom is -0.338 e. The zero-order valence-electron chi connectivity index (χ0n) is 17.7. The molecule has 13 heteroatoms. The summed E-state index contributed by atoms with van der Waals surface area (Å²) < 4.78 is 0. The number of hydrazine groups is 1. The van der Waals surface area contributed by atoms with Crippen LogP contribution in [0, 0.1) is 0 Å². The van der Waals surface area contributed by atoms with E-state index in [0.29, 0.717) is 54.7 Å². The number of piperidine rings is 2. The van der Waals surface area contributed by atoms with Crippen LogP contribution in [0.2, 0.25) is 5.02 Å². The molecule has 2 aliphatic heterocycles. The van der Waals surface area contributed by atoms with E-state index in [9.17, 15) is 0 Å². The van der Waals surface area contributed by atoms with Gasteiger partial charge in [-0.15, -0.1) is 12.4 Å². The number of aromatic nitrogens is 3. The molecule has 1 aromatic heterocycles. The standard InChI is InChI=1S/C19H30ClN11.ClH/c20-15-3-1-2-4-16(15)28-29-17-25-18(30-7-11(21)5-12(22)8-30)27-19(26-17)31-9-13(23)6-14(24)10-31;/h1-4,11-14,28H,5-10,21-24H2,(H,25,26,27,29);1H/t11-,12+,13-,14+;. The van der Waals surface area contributed by atoms with Crippen molar-refractivity contribution in [3.8, 4) is 0 Å². The van der Waals surface area contributed by atoms with Gasteiger partial charge >= 0.3 is 0 Å². The molecule has 0 aliphatic carbocycles. The lowest BCUT2D eigenvalue weighted by Gasteiger charge is -2.37. The molecule has 2 aliphatic rings. The monoisotopic (exact) mass is 483 g/mol. The van der Waals surface area contributed by atoms with Crippen molar-refractivity contribution in [3.05, 3.63) is 29.3 Å². The molecule has 1 aromatic carbocycles. The van der Waals surface area contributed by atoms with Crippen LogP contribution in [-0.4, -0.2) is 65.3 Å². The minimum atomic E-state index is -0.0431. The maximum Gasteiger partial charge on any atom is 0.248 e. The Balaban J connectivity index is 0.00000289. The molecule has 2 saturated heterocycles. The smallest absolute Gasteiger partial charge is 0.248 e. The molecule has 0 radical (unpaired) electrons. The number of anilines is 4. The summed E-state index contributed by atoms with van der Waals surface area (Å²) in [6.45, 7) is 2.47. The Morgan fingerprint density at radius 3 is 1.69 bits per heavy atom. The maximum absolute atomic E-state index is 6.23. The van der Waals surface area contributed by atoms with Gasteiger partial charge in [-0.1, -0.05) is 23.7 Å². The fraction of sp³-hybridized carbons (Fsp3) is 0.526. The van der Waals surface area contributed by atoms with Crippen LogP contribution < -0.4 is 43.6 Å². The number of hydrogen-bond donors (Lipinski definition) is 6. The molecule has 11 nitrogen and oxygen atoms in total. The summed E-state index contributed by atoms with van der Waals surface area (Å²) in [5, 5.41) is 0.574. The quantitative estimate of drug-likeness (QED) is 0.318. The summed E-state index contributed by atoms with van der Waals surface area (Å²) in [6, 6.07) is 7.21. The fourth-order valence-corrected chi connectivity index (χ4v) is 4.25. The zero-order chi connectivity index (χ0) is 22.0. The van der Waals surface area contributed by atoms with Crippen LogP contribution in [0.25, 0.3) is 0 Å². The van der Waals surface area contributed by atoms with E-state index < -0.39 is 0 Å². The first-order chi connectivity index (χ1) is 14.9. The second kappa shape index (κ2) is 10.6. The van der Waals surface area contributed by atoms with Gasteiger partial charge in [0.15, 0.2) is 0 Å². The first kappa shape index (κ1) is 24.5. The van der Waals surface area contributed by atoms with Crippen LogP contribution in [-0.2, 0) is 0 Å². The lowest BCUT2D eigenvalue weighted by molar-refractivity contribution is 0.441. The van der Waals surface area contributed by atoms with Crippen LogP contribution in [0.5, 0.6) is 0 Å². The lowest BCUT2D eigenvalue weighted by Crippen LogP contribution is -2.54. The van der Waals surface area contributed by atoms with Crippen molar-refractivity contribution in [2.24, 2.45) is 22.9 Å². The fourth-order valence-electron chi connectivity index (χ4n) is 4.06. The molecule has 176 valence electrons. The van der Waals surface area contributed by atoms with E-state index in [1.807, 2.05) is 28.0 Å². The topological polar surface area (TPSA) is 173 Å². The average Bonchev–Trinajstić information content (AvgIpc) is 2.71. The van der Waals surface area contributed by atoms with Crippen LogP contribution in [0.3, 0.4) is 0 Å². The Kier molecular flexibility index (Phi) is 8.15. The largest absolute Gasteiger partial charge is 0.338 e. The summed E-state index contributed by atoms with van der Waals surface area (Å²) in [5.41, 5.74) is 31.5. The van der Waals surface area contributed by atoms with Crippen molar-refractivity contribution in [2.75, 3.05) is 46.8 Å². The first-order valence-corrected chi connectivity index (χ1v) is 10.8. The van der Waals surface area contributed by atoms with Gasteiger partial charge < -0.3 is 32.7 Å². The second-order valence-corrected chi connectivity index (χ2v) is 8.72. The summed E-state index contributed by atoms with van der Waals surface area (Å²) in [6.07, 6.45) is 1.53. The molecule has 32 heavy (non-hydrogen) atoms. The summed E-state index contributed by atoms with van der Waals surface area (Å²) >= 11 is 6.23. The van der Waals surface area contributed by atoms with Gasteiger partial charge in [0.05, 0.1) is 10.7 Å². The van der Waals surface area contributed by atoms with Gasteiger partial charge in [-0.2, -0.15) is 15.0 Å². The molecule has 10 N–H and O–H groups in total. The van der Waals surface area contributed by atoms with Gasteiger partial charge in [-0.3, -0.25) is 10.9 Å². The molecule has 3 heterocycles. The highest BCUT2D eigenvalue weighted by Crippen LogP contribution is 2.24. The number of para-hydroxylation sites is 1. The molecule has 4 rings (SSSR count). The van der Waals surface area contributed by atoms with E-state index in [4.69, 9.17) is 39.5 Å². The highest BCUT2D eigenvalue weighted by Gasteiger charge is 2.28. The molecule has 2 fully saturated rings. The highest BCUT2D eigenvalue weighted by molar-refractivity contribution is 6.33. The number of halogens is 2. The van der Waals surface area contributed by atoms with E-state index in [1.54, 1.807) is 6.07 Å². The third-order valence-electron chi connectivity index (χ3n) is 5.39. The molecule has 0 unspecified atom stereocenters. The number of rotatable bonds is 5. The third-order valence-corrected chi connectivity index (χ3v) is 5.72. The number of nitrogens with one attached hydrogen (secondary N) is 2. The predicted octanol–water partition coefficient (Wildman–Crippen LogP) is 0.115. The molecular formula is C19H31Cl2N11. The van der Waals surface area contributed by atoms with Crippen molar-refractivity contribution >= 4 is 47.5 Å². The zero-order valence-corrected chi connectivity index (χ0v) is 19.3. The molecule has 2 aromatic rings. The van der Waals surface area contributed by atoms with E-state index in [-0.39, 0.29) is 36.6 Å². The average molecular weight is 484 g/mol. The van der Waals surface area contributed by atoms with Crippen molar-refractivity contribution in [3.63, 3.8) is 0 Å². The van der Waals surface area contributed by atoms with Crippen LogP contribution in [0.4, 0.5) is 23.5 Å². The number of benzene rings is 1. The van der Waals surface area contributed by atoms with Gasteiger partial charge in [0.2, 0.25) is 17.8 Å². The summed E-state index contributed by atoms with van der Waals surface area (Å²) in [5.74, 6) is 1.36. The van der Waals surface area contributed by atoms with Gasteiger partial charge in [0.1, 0.15) is 0 Å². The SMILES string of the molecule is Cl.N[C@@H]1C[C@H](N)CN(c2nc(NNc3ccccc3Cl)nc(N3C[C@H](N)C[C@H](N)C3)n2)C1. The highest BCUT2D eigenvalue weighted by atomic mass is 35.5. The number of nitrogens with zero attached hydrogens (tertiary/aromatic N) is 5. The minimum absolute atomic E-state index is 0. The van der Waals surface area contributed by atoms with Crippen molar-refractivity contribution < 1.29 is 0 Å². The van der Waals surface area contributed by atoms with Crippen LogP contribution >= 0.6 is 24.0 Å². The van der Waals surface area contributed by atoms with Crippen molar-refractivity contribution in [1.29, 1.82) is 0 Å². The van der Waals surface area contributed by atoms with E-state index in [0.717, 1.165) is 12.8 Å². The van der Waals surface area contributed by atoms with Gasteiger partial charge in [0.25, 0.3) is 0 Å².